The minimum absolute atomic E-state index is 0.132. The molecular formula is C19H27N3O2. The Morgan fingerprint density at radius 1 is 1.21 bits per heavy atom. The second-order valence-corrected chi connectivity index (χ2v) is 6.94. The molecule has 1 aromatic carbocycles. The number of primary amides is 1. The first kappa shape index (κ1) is 17.0. The molecule has 5 heteroatoms. The summed E-state index contributed by atoms with van der Waals surface area (Å²) in [6.45, 7) is 3.86. The van der Waals surface area contributed by atoms with E-state index in [2.05, 4.69) is 13.0 Å². The Balaban J connectivity index is 1.74. The molecule has 2 amide bonds. The van der Waals surface area contributed by atoms with E-state index >= 15 is 0 Å². The number of fused-ring (bicyclic) bond motifs is 1. The fourth-order valence-corrected chi connectivity index (χ4v) is 4.04. The van der Waals surface area contributed by atoms with Crippen LogP contribution in [0.2, 0.25) is 0 Å². The predicted molar refractivity (Wildman–Crippen MR) is 93.2 cm³/mol. The van der Waals surface area contributed by atoms with E-state index in [1.54, 1.807) is 0 Å². The number of carbonyl (C=O) groups is 2. The van der Waals surface area contributed by atoms with Crippen LogP contribution in [0.3, 0.4) is 0 Å². The smallest absolute Gasteiger partial charge is 0.237 e. The molecule has 0 radical (unpaired) electrons. The van der Waals surface area contributed by atoms with E-state index in [0.717, 1.165) is 31.4 Å². The van der Waals surface area contributed by atoms with E-state index in [4.69, 9.17) is 5.73 Å². The van der Waals surface area contributed by atoms with Gasteiger partial charge in [0.25, 0.3) is 0 Å². The van der Waals surface area contributed by atoms with Crippen molar-refractivity contribution >= 4 is 11.8 Å². The maximum absolute atomic E-state index is 12.8. The zero-order valence-electron chi connectivity index (χ0n) is 14.4. The quantitative estimate of drug-likeness (QED) is 0.914. The second-order valence-electron chi connectivity index (χ2n) is 6.94. The number of benzene rings is 1. The Kier molecular flexibility index (Phi) is 5.19. The average Bonchev–Trinajstić information content (AvgIpc) is 2.60. The van der Waals surface area contributed by atoms with Gasteiger partial charge in [0.05, 0.1) is 12.6 Å². The first-order valence-corrected chi connectivity index (χ1v) is 8.99. The summed E-state index contributed by atoms with van der Waals surface area (Å²) in [6, 6.07) is 8.05. The fraction of sp³-hybridized carbons (Fsp3) is 0.579. The van der Waals surface area contributed by atoms with Crippen LogP contribution in [0.25, 0.3) is 0 Å². The number of nitrogens with two attached hydrogens (primary N) is 1. The molecule has 0 spiro atoms. The Morgan fingerprint density at radius 2 is 1.96 bits per heavy atom. The number of hydrogen-bond donors (Lipinski definition) is 1. The van der Waals surface area contributed by atoms with Crippen molar-refractivity contribution in [1.29, 1.82) is 0 Å². The molecule has 5 nitrogen and oxygen atoms in total. The van der Waals surface area contributed by atoms with Gasteiger partial charge in [-0.3, -0.25) is 14.5 Å². The molecule has 1 fully saturated rings. The van der Waals surface area contributed by atoms with Crippen molar-refractivity contribution in [2.75, 3.05) is 13.1 Å². The molecule has 0 unspecified atom stereocenters. The molecule has 1 saturated heterocycles. The van der Waals surface area contributed by atoms with Crippen molar-refractivity contribution in [2.45, 2.75) is 57.7 Å². The third-order valence-corrected chi connectivity index (χ3v) is 5.43. The van der Waals surface area contributed by atoms with Crippen LogP contribution in [-0.2, 0) is 22.6 Å². The van der Waals surface area contributed by atoms with Crippen molar-refractivity contribution in [2.24, 2.45) is 5.73 Å². The van der Waals surface area contributed by atoms with E-state index in [0.29, 0.717) is 19.0 Å². The van der Waals surface area contributed by atoms with Crippen LogP contribution in [0.15, 0.2) is 24.3 Å². The zero-order chi connectivity index (χ0) is 17.1. The summed E-state index contributed by atoms with van der Waals surface area (Å²) in [5, 5.41) is 0. The standard InChI is InChI=1S/C19H27N3O2/c1-2-16-9-5-6-10-22(16)18(23)13-21-12-15-8-4-3-7-14(15)11-17(21)19(20)24/h3-4,7-8,16-17H,2,5-6,9-13H2,1H3,(H2,20,24)/t16-,17-/m1/s1. The van der Waals surface area contributed by atoms with Crippen LogP contribution in [0, 0.1) is 0 Å². The summed E-state index contributed by atoms with van der Waals surface area (Å²) < 4.78 is 0. The van der Waals surface area contributed by atoms with Crippen molar-refractivity contribution in [3.05, 3.63) is 35.4 Å². The van der Waals surface area contributed by atoms with Gasteiger partial charge in [-0.25, -0.2) is 0 Å². The van der Waals surface area contributed by atoms with Crippen molar-refractivity contribution in [1.82, 2.24) is 9.80 Å². The normalized spacial score (nSPS) is 24.5. The second kappa shape index (κ2) is 7.34. The first-order chi connectivity index (χ1) is 11.6. The van der Waals surface area contributed by atoms with Gasteiger partial charge in [-0.1, -0.05) is 31.2 Å². The van der Waals surface area contributed by atoms with Gasteiger partial charge >= 0.3 is 0 Å². The molecule has 0 aromatic heterocycles. The molecule has 2 heterocycles. The fourth-order valence-electron chi connectivity index (χ4n) is 4.04. The van der Waals surface area contributed by atoms with Crippen molar-refractivity contribution < 1.29 is 9.59 Å². The lowest BCUT2D eigenvalue weighted by Crippen LogP contribution is -2.54. The SMILES string of the molecule is CC[C@@H]1CCCCN1C(=O)CN1Cc2ccccc2C[C@@H]1C(N)=O. The highest BCUT2D eigenvalue weighted by Crippen LogP contribution is 2.25. The highest BCUT2D eigenvalue weighted by atomic mass is 16.2. The molecule has 24 heavy (non-hydrogen) atoms. The number of amides is 2. The van der Waals surface area contributed by atoms with Crippen LogP contribution in [0.1, 0.15) is 43.7 Å². The first-order valence-electron chi connectivity index (χ1n) is 8.99. The summed E-state index contributed by atoms with van der Waals surface area (Å²) in [5.74, 6) is -0.213. The Hall–Kier alpha value is -1.88. The molecule has 3 rings (SSSR count). The highest BCUT2D eigenvalue weighted by Gasteiger charge is 2.33. The summed E-state index contributed by atoms with van der Waals surface area (Å²) in [5.41, 5.74) is 7.97. The third-order valence-electron chi connectivity index (χ3n) is 5.43. The molecule has 2 N–H and O–H groups in total. The Labute approximate surface area is 143 Å². The molecule has 0 bridgehead atoms. The minimum Gasteiger partial charge on any atom is -0.368 e. The molecule has 0 aliphatic carbocycles. The molecular weight excluding hydrogens is 302 g/mol. The van der Waals surface area contributed by atoms with Gasteiger partial charge in [0.15, 0.2) is 0 Å². The molecule has 1 aromatic rings. The predicted octanol–water partition coefficient (Wildman–Crippen LogP) is 1.69. The molecule has 2 aliphatic rings. The van der Waals surface area contributed by atoms with Gasteiger partial charge in [-0.05, 0) is 43.2 Å². The van der Waals surface area contributed by atoms with Gasteiger partial charge in [0, 0.05) is 19.1 Å². The average molecular weight is 329 g/mol. The Bertz CT molecular complexity index is 616. The lowest BCUT2D eigenvalue weighted by molar-refractivity contribution is -0.138. The lowest BCUT2D eigenvalue weighted by atomic mass is 9.93. The number of hydrogen-bond acceptors (Lipinski definition) is 3. The van der Waals surface area contributed by atoms with Crippen molar-refractivity contribution in [3.8, 4) is 0 Å². The number of rotatable bonds is 4. The van der Waals surface area contributed by atoms with E-state index in [1.165, 1.54) is 12.0 Å². The molecule has 2 atom stereocenters. The van der Waals surface area contributed by atoms with Crippen LogP contribution >= 0.6 is 0 Å². The van der Waals surface area contributed by atoms with Crippen LogP contribution in [0.4, 0.5) is 0 Å². The summed E-state index contributed by atoms with van der Waals surface area (Å²) in [7, 11) is 0. The van der Waals surface area contributed by atoms with Crippen molar-refractivity contribution in [3.63, 3.8) is 0 Å². The van der Waals surface area contributed by atoms with Gasteiger partial charge < -0.3 is 10.6 Å². The maximum Gasteiger partial charge on any atom is 0.237 e. The van der Waals surface area contributed by atoms with Crippen LogP contribution < -0.4 is 5.73 Å². The summed E-state index contributed by atoms with van der Waals surface area (Å²) in [6.07, 6.45) is 4.95. The molecule has 0 saturated carbocycles. The molecule has 130 valence electrons. The third kappa shape index (κ3) is 3.46. The lowest BCUT2D eigenvalue weighted by Gasteiger charge is -2.39. The largest absolute Gasteiger partial charge is 0.368 e. The van der Waals surface area contributed by atoms with Gasteiger partial charge in [0.2, 0.25) is 11.8 Å². The van der Waals surface area contributed by atoms with E-state index in [1.807, 2.05) is 28.0 Å². The van der Waals surface area contributed by atoms with Gasteiger partial charge in [-0.2, -0.15) is 0 Å². The van der Waals surface area contributed by atoms with E-state index < -0.39 is 6.04 Å². The van der Waals surface area contributed by atoms with Gasteiger partial charge in [0.1, 0.15) is 0 Å². The summed E-state index contributed by atoms with van der Waals surface area (Å²) >= 11 is 0. The highest BCUT2D eigenvalue weighted by molar-refractivity contribution is 5.83. The van der Waals surface area contributed by atoms with Crippen LogP contribution in [0.5, 0.6) is 0 Å². The topological polar surface area (TPSA) is 66.6 Å². The summed E-state index contributed by atoms with van der Waals surface area (Å²) in [4.78, 5) is 28.7. The Morgan fingerprint density at radius 3 is 2.67 bits per heavy atom. The van der Waals surface area contributed by atoms with Gasteiger partial charge in [-0.15, -0.1) is 0 Å². The number of nitrogens with zero attached hydrogens (tertiary/aromatic N) is 2. The number of carbonyl (C=O) groups excluding carboxylic acids is 2. The van der Waals surface area contributed by atoms with Crippen LogP contribution in [-0.4, -0.2) is 46.8 Å². The monoisotopic (exact) mass is 329 g/mol. The van der Waals surface area contributed by atoms with E-state index in [9.17, 15) is 9.59 Å². The van der Waals surface area contributed by atoms with E-state index in [-0.39, 0.29) is 18.4 Å². The minimum atomic E-state index is -0.395. The number of piperidine rings is 1. The molecule has 2 aliphatic heterocycles. The zero-order valence-corrected chi connectivity index (χ0v) is 14.4. The maximum atomic E-state index is 12.8. The number of likely N-dealkylation sites (tertiary alicyclic amines) is 1.